The van der Waals surface area contributed by atoms with Crippen molar-refractivity contribution in [1.82, 2.24) is 9.55 Å². The first-order chi connectivity index (χ1) is 14.1. The first-order valence-electron chi connectivity index (χ1n) is 8.83. The highest BCUT2D eigenvalue weighted by molar-refractivity contribution is 7.71. The summed E-state index contributed by atoms with van der Waals surface area (Å²) < 4.78 is 49.7. The minimum Gasteiger partial charge on any atom is -0.403 e. The Hall–Kier alpha value is -1.92. The third-order valence-corrected chi connectivity index (χ3v) is 6.40. The van der Waals surface area contributed by atoms with Gasteiger partial charge in [0.15, 0.2) is 11.0 Å². The molecule has 0 bridgehead atoms. The van der Waals surface area contributed by atoms with Crippen molar-refractivity contribution in [2.75, 3.05) is 6.61 Å². The Morgan fingerprint density at radius 2 is 2.20 bits per heavy atom. The van der Waals surface area contributed by atoms with Crippen LogP contribution in [0.5, 0.6) is 5.75 Å². The molecule has 10 nitrogen and oxygen atoms in total. The number of nitrogens with zero attached hydrogens (tertiary/aromatic N) is 1. The average Bonchev–Trinajstić information content (AvgIpc) is 2.92. The summed E-state index contributed by atoms with van der Waals surface area (Å²) in [6.07, 6.45) is -4.10. The zero-order valence-corrected chi connectivity index (χ0v) is 17.3. The van der Waals surface area contributed by atoms with E-state index in [1.54, 1.807) is 25.1 Å². The Bertz CT molecular complexity index is 1140. The molecule has 0 amide bonds. The van der Waals surface area contributed by atoms with Crippen molar-refractivity contribution in [2.45, 2.75) is 37.8 Å². The molecule has 5 atom stereocenters. The summed E-state index contributed by atoms with van der Waals surface area (Å²) in [5, 5.41) is 20.4. The molecule has 0 aliphatic carbocycles. The topological polar surface area (TPSA) is 132 Å². The van der Waals surface area contributed by atoms with Crippen LogP contribution in [0.4, 0.5) is 4.39 Å². The number of aromatic amines is 1. The number of fused-ring (bicyclic) bond motifs is 1. The monoisotopic (exact) mass is 460 g/mol. The van der Waals surface area contributed by atoms with Crippen molar-refractivity contribution in [2.24, 2.45) is 0 Å². The van der Waals surface area contributed by atoms with Crippen LogP contribution in [0.3, 0.4) is 0 Å². The highest BCUT2D eigenvalue weighted by Crippen LogP contribution is 2.56. The second kappa shape index (κ2) is 7.65. The highest BCUT2D eigenvalue weighted by atomic mass is 32.1. The van der Waals surface area contributed by atoms with Crippen LogP contribution in [0.1, 0.15) is 17.4 Å². The summed E-state index contributed by atoms with van der Waals surface area (Å²) in [6, 6.07) is 6.33. The first kappa shape index (κ1) is 21.3. The SMILES string of the molecule is Cc1cccc2c1OP(=O)(OC[C@@]1(F)O[C@@H](n3ccc(=O)[nH]c3=S)[C@H](O)[C@@H]1O)OC2. The van der Waals surface area contributed by atoms with Crippen LogP contribution in [-0.2, 0) is 25.0 Å². The van der Waals surface area contributed by atoms with Gasteiger partial charge in [-0.15, -0.1) is 0 Å². The van der Waals surface area contributed by atoms with Gasteiger partial charge in [0.2, 0.25) is 0 Å². The van der Waals surface area contributed by atoms with Crippen LogP contribution in [0, 0.1) is 11.7 Å². The normalized spacial score (nSPS) is 33.1. The van der Waals surface area contributed by atoms with Gasteiger partial charge in [0.05, 0.1) is 6.61 Å². The van der Waals surface area contributed by atoms with Gasteiger partial charge < -0.3 is 19.5 Å². The van der Waals surface area contributed by atoms with Gasteiger partial charge in [-0.05, 0) is 24.7 Å². The van der Waals surface area contributed by atoms with Crippen molar-refractivity contribution < 1.29 is 37.5 Å². The van der Waals surface area contributed by atoms with E-state index in [9.17, 15) is 19.6 Å². The van der Waals surface area contributed by atoms with Gasteiger partial charge in [-0.1, -0.05) is 18.2 Å². The Morgan fingerprint density at radius 3 is 2.93 bits per heavy atom. The molecule has 4 rings (SSSR count). The number of phosphoric ester groups is 1. The lowest BCUT2D eigenvalue weighted by molar-refractivity contribution is -0.205. The van der Waals surface area contributed by atoms with Crippen LogP contribution in [0.2, 0.25) is 0 Å². The van der Waals surface area contributed by atoms with Crippen molar-refractivity contribution >= 4 is 20.0 Å². The zero-order valence-electron chi connectivity index (χ0n) is 15.6. The molecular weight excluding hydrogens is 442 g/mol. The molecule has 3 N–H and O–H groups in total. The van der Waals surface area contributed by atoms with Crippen LogP contribution >= 0.6 is 20.0 Å². The maximum Gasteiger partial charge on any atom is 0.530 e. The Labute approximate surface area is 174 Å². The molecule has 3 heterocycles. The van der Waals surface area contributed by atoms with E-state index in [-0.39, 0.29) is 11.4 Å². The number of benzene rings is 1. The molecular formula is C17H18FN2O8PS. The average molecular weight is 460 g/mol. The molecule has 2 aromatic rings. The molecule has 1 fully saturated rings. The lowest BCUT2D eigenvalue weighted by atomic mass is 10.1. The van der Waals surface area contributed by atoms with Gasteiger partial charge in [-0.25, -0.2) is 8.96 Å². The second-order valence-corrected chi connectivity index (χ2v) is 8.88. The number of halogens is 1. The van der Waals surface area contributed by atoms with E-state index >= 15 is 4.39 Å². The van der Waals surface area contributed by atoms with Crippen molar-refractivity contribution in [3.63, 3.8) is 0 Å². The molecule has 0 spiro atoms. The largest absolute Gasteiger partial charge is 0.530 e. The summed E-state index contributed by atoms with van der Waals surface area (Å²) in [4.78, 5) is 13.6. The van der Waals surface area contributed by atoms with E-state index in [4.69, 9.17) is 30.5 Å². The summed E-state index contributed by atoms with van der Waals surface area (Å²) in [5.41, 5.74) is 0.842. The molecule has 2 aliphatic heterocycles. The number of alkyl halides is 1. The van der Waals surface area contributed by atoms with Crippen molar-refractivity contribution in [3.8, 4) is 5.75 Å². The Kier molecular flexibility index (Phi) is 5.43. The van der Waals surface area contributed by atoms with Gasteiger partial charge in [0.1, 0.15) is 24.6 Å². The Morgan fingerprint density at radius 1 is 1.43 bits per heavy atom. The molecule has 0 radical (unpaired) electrons. The van der Waals surface area contributed by atoms with E-state index in [1.807, 2.05) is 0 Å². The molecule has 2 aliphatic rings. The smallest absolute Gasteiger partial charge is 0.403 e. The first-order valence-corrected chi connectivity index (χ1v) is 10.7. The number of ether oxygens (including phenoxy) is 1. The van der Waals surface area contributed by atoms with E-state index in [2.05, 4.69) is 4.98 Å². The van der Waals surface area contributed by atoms with Crippen LogP contribution < -0.4 is 10.1 Å². The second-order valence-electron chi connectivity index (χ2n) is 6.90. The van der Waals surface area contributed by atoms with E-state index in [0.717, 1.165) is 10.6 Å². The fourth-order valence-corrected chi connectivity index (χ4v) is 4.76. The number of rotatable bonds is 4. The fourth-order valence-electron chi connectivity index (χ4n) is 3.19. The molecule has 162 valence electrons. The van der Waals surface area contributed by atoms with Gasteiger partial charge in [0.25, 0.3) is 11.4 Å². The van der Waals surface area contributed by atoms with Crippen LogP contribution in [-0.4, -0.2) is 44.4 Å². The maximum atomic E-state index is 15.3. The van der Waals surface area contributed by atoms with Crippen molar-refractivity contribution in [1.29, 1.82) is 0 Å². The van der Waals surface area contributed by atoms with Crippen LogP contribution in [0.25, 0.3) is 0 Å². The summed E-state index contributed by atoms with van der Waals surface area (Å²) in [7, 11) is -4.21. The molecule has 1 aromatic heterocycles. The third-order valence-electron chi connectivity index (χ3n) is 4.79. The zero-order chi connectivity index (χ0) is 21.7. The van der Waals surface area contributed by atoms with Crippen molar-refractivity contribution in [3.05, 3.63) is 56.7 Å². The predicted octanol–water partition coefficient (Wildman–Crippen LogP) is 1.86. The van der Waals surface area contributed by atoms with E-state index in [0.29, 0.717) is 16.9 Å². The number of H-pyrrole nitrogens is 1. The predicted molar refractivity (Wildman–Crippen MR) is 102 cm³/mol. The number of nitrogens with one attached hydrogen (secondary N) is 1. The molecule has 1 saturated heterocycles. The minimum absolute atomic E-state index is 0.0746. The van der Waals surface area contributed by atoms with Crippen LogP contribution in [0.15, 0.2) is 35.3 Å². The number of aryl methyl sites for hydroxylation is 1. The minimum atomic E-state index is -4.21. The molecule has 1 unspecified atom stereocenters. The number of hydrogen-bond donors (Lipinski definition) is 3. The molecule has 13 heteroatoms. The number of aliphatic hydroxyl groups excluding tert-OH is 2. The van der Waals surface area contributed by atoms with E-state index < -0.39 is 44.3 Å². The quantitative estimate of drug-likeness (QED) is 0.462. The van der Waals surface area contributed by atoms with E-state index in [1.165, 1.54) is 6.20 Å². The lowest BCUT2D eigenvalue weighted by Gasteiger charge is -2.29. The summed E-state index contributed by atoms with van der Waals surface area (Å²) in [5.74, 6) is -2.64. The molecule has 1 aromatic carbocycles. The summed E-state index contributed by atoms with van der Waals surface area (Å²) >= 11 is 4.97. The standard InChI is InChI=1S/C17H18FN2O8PS/c1-9-3-2-4-10-7-25-29(24,28-13(9)10)26-8-17(18)14(23)12(22)15(27-17)20-6-5-11(21)19-16(20)30/h2-6,12,14-15,22-23H,7-8H2,1H3,(H,19,21,30)/t12-,14+,15-,17-,29?/m1/s1. The number of aliphatic hydroxyl groups is 2. The van der Waals surface area contributed by atoms with Gasteiger partial charge in [0, 0.05) is 17.8 Å². The molecule has 0 saturated carbocycles. The number of aromatic nitrogens is 2. The van der Waals surface area contributed by atoms with Gasteiger partial charge in [-0.3, -0.25) is 23.4 Å². The van der Waals surface area contributed by atoms with Gasteiger partial charge in [-0.2, -0.15) is 0 Å². The molecule has 30 heavy (non-hydrogen) atoms. The summed E-state index contributed by atoms with van der Waals surface area (Å²) in [6.45, 7) is 0.607. The fraction of sp³-hybridized carbons (Fsp3) is 0.412. The van der Waals surface area contributed by atoms with Gasteiger partial charge >= 0.3 is 7.82 Å². The number of hydrogen-bond acceptors (Lipinski definition) is 9. The lowest BCUT2D eigenvalue weighted by Crippen LogP contribution is -2.43. The maximum absolute atomic E-state index is 15.3. The third kappa shape index (κ3) is 3.76. The number of para-hydroxylation sites is 1. The Balaban J connectivity index is 1.52. The highest BCUT2D eigenvalue weighted by Gasteiger charge is 2.57. The number of phosphoric acid groups is 1.